The lowest BCUT2D eigenvalue weighted by Crippen LogP contribution is -2.62. The maximum Gasteiger partial charge on any atom is 0.337 e. The second kappa shape index (κ2) is 17.0. The summed E-state index contributed by atoms with van der Waals surface area (Å²) in [5, 5.41) is 82.8. The van der Waals surface area contributed by atoms with Crippen LogP contribution < -0.4 is 0 Å². The molecule has 52 heavy (non-hydrogen) atoms. The molecule has 5 aliphatic rings. The third-order valence-electron chi connectivity index (χ3n) is 10.5. The topological polar surface area (TPSA) is 287 Å². The molecule has 0 spiro atoms. The van der Waals surface area contributed by atoms with Gasteiger partial charge in [0.15, 0.2) is 12.6 Å². The number of aliphatic hydroxyl groups excluding tert-OH is 8. The Kier molecular flexibility index (Phi) is 13.1. The molecule has 0 aromatic rings. The Balaban J connectivity index is 1.64. The van der Waals surface area contributed by atoms with E-state index in [1.165, 1.54) is 0 Å². The Morgan fingerprint density at radius 3 is 1.88 bits per heavy atom. The number of aldehydes is 1. The van der Waals surface area contributed by atoms with Crippen molar-refractivity contribution in [2.45, 2.75) is 99.9 Å². The molecular weight excluding hydrogens is 700 g/mol. The van der Waals surface area contributed by atoms with Crippen LogP contribution in [0.1, 0.15) is 19.8 Å². The average Bonchev–Trinajstić information content (AvgIpc) is 3.44. The minimum Gasteiger partial charge on any atom is -0.471 e. The molecule has 19 heteroatoms. The molecule has 4 aliphatic heterocycles. The van der Waals surface area contributed by atoms with E-state index in [2.05, 4.69) is 6.58 Å². The predicted octanol–water partition coefficient (Wildman–Crippen LogP) is -3.54. The fourth-order valence-corrected chi connectivity index (χ4v) is 7.44. The zero-order chi connectivity index (χ0) is 38.0. The lowest BCUT2D eigenvalue weighted by Gasteiger charge is -2.46. The van der Waals surface area contributed by atoms with Gasteiger partial charge < -0.3 is 83.5 Å². The number of ether oxygens (including phenoxy) is 8. The average molecular weight is 747 g/mol. The minimum absolute atomic E-state index is 0.0494. The number of allylic oxidation sites excluding steroid dienone is 1. The van der Waals surface area contributed by atoms with Crippen LogP contribution in [-0.2, 0) is 52.3 Å². The fraction of sp³-hybridized carbons (Fsp3) is 0.727. The molecule has 0 radical (unpaired) electrons. The van der Waals surface area contributed by atoms with Crippen LogP contribution in [0, 0.1) is 29.6 Å². The van der Waals surface area contributed by atoms with Crippen LogP contribution in [0.5, 0.6) is 0 Å². The number of carbonyl (C=O) groups is 3. The first-order valence-electron chi connectivity index (χ1n) is 16.8. The van der Waals surface area contributed by atoms with Crippen molar-refractivity contribution in [3.63, 3.8) is 0 Å². The van der Waals surface area contributed by atoms with E-state index in [9.17, 15) is 55.2 Å². The maximum absolute atomic E-state index is 13.9. The molecule has 0 aromatic heterocycles. The van der Waals surface area contributed by atoms with Gasteiger partial charge in [0.05, 0.1) is 49.9 Å². The first-order chi connectivity index (χ1) is 24.8. The molecule has 3 fully saturated rings. The van der Waals surface area contributed by atoms with Gasteiger partial charge in [-0.1, -0.05) is 13.0 Å². The Hall–Kier alpha value is -3.05. The first kappa shape index (κ1) is 40.1. The van der Waals surface area contributed by atoms with Crippen molar-refractivity contribution in [2.24, 2.45) is 29.6 Å². The molecule has 18 atom stereocenters. The van der Waals surface area contributed by atoms with Crippen molar-refractivity contribution in [3.05, 3.63) is 36.3 Å². The van der Waals surface area contributed by atoms with Crippen molar-refractivity contribution >= 4 is 18.2 Å². The van der Waals surface area contributed by atoms with Gasteiger partial charge >= 0.3 is 11.9 Å². The van der Waals surface area contributed by atoms with Gasteiger partial charge in [-0.3, -0.25) is 0 Å². The number of aliphatic hydroxyl groups is 8. The summed E-state index contributed by atoms with van der Waals surface area (Å²) in [6.07, 6.45) is -18.4. The Morgan fingerprint density at radius 1 is 0.865 bits per heavy atom. The molecule has 292 valence electrons. The fourth-order valence-electron chi connectivity index (χ4n) is 7.44. The lowest BCUT2D eigenvalue weighted by atomic mass is 9.81. The summed E-state index contributed by atoms with van der Waals surface area (Å²) in [6.45, 7) is 4.06. The van der Waals surface area contributed by atoms with Crippen LogP contribution in [0.4, 0.5) is 0 Å². The molecule has 2 saturated heterocycles. The van der Waals surface area contributed by atoms with Crippen molar-refractivity contribution in [2.75, 3.05) is 20.3 Å². The highest BCUT2D eigenvalue weighted by Gasteiger charge is 2.54. The molecule has 2 unspecified atom stereocenters. The first-order valence-corrected chi connectivity index (χ1v) is 16.8. The third-order valence-corrected chi connectivity index (χ3v) is 10.5. The Morgan fingerprint density at radius 2 is 1.40 bits per heavy atom. The number of carbonyl (C=O) groups excluding carboxylic acids is 3. The molecule has 1 aliphatic carbocycles. The third kappa shape index (κ3) is 7.63. The molecule has 8 N–H and O–H groups in total. The number of methoxy groups -OCH3 is 1. The standard InChI is InChI=1S/C33H46O19/c1-4-13-12(2)18-7-15(13)17(28(43)45-3)11-47-31(52-33-27(42)25(40)23(38)20(9-36)50-33)21-14(5-6-34)16(29(44)48-18)10-46-30(21)51-32-26(41)24(39)22(37)19(8-35)49-32/h4,6,10-15,18-27,30-33,35-42H,1,5,7-9H2,2-3H3/t12-,13-,14-,15?,18+,19-,20-,21-,22-,23-,24+,25-,26+,27+,30-,31?,32+,33+/m0/s1. The molecule has 5 rings (SSSR count). The van der Waals surface area contributed by atoms with Crippen LogP contribution in [0.25, 0.3) is 0 Å². The summed E-state index contributed by atoms with van der Waals surface area (Å²) in [5.41, 5.74) is -0.244. The number of rotatable bonds is 10. The van der Waals surface area contributed by atoms with Gasteiger partial charge in [0.2, 0.25) is 12.6 Å². The minimum atomic E-state index is -1.98. The molecule has 19 nitrogen and oxygen atoms in total. The van der Waals surface area contributed by atoms with Gasteiger partial charge in [-0.05, 0) is 12.3 Å². The molecule has 4 bridgehead atoms. The van der Waals surface area contributed by atoms with Gasteiger partial charge in [0.25, 0.3) is 0 Å². The van der Waals surface area contributed by atoms with Crippen molar-refractivity contribution < 1.29 is 93.1 Å². The highest BCUT2D eigenvalue weighted by atomic mass is 16.8. The highest BCUT2D eigenvalue weighted by molar-refractivity contribution is 5.90. The van der Waals surface area contributed by atoms with E-state index in [1.54, 1.807) is 13.0 Å². The molecule has 0 amide bonds. The summed E-state index contributed by atoms with van der Waals surface area (Å²) < 4.78 is 46.0. The largest absolute Gasteiger partial charge is 0.471 e. The SMILES string of the molecule is C=C[C@@H]1C2C[C@@H](OC(=O)C3=CO[C@@H](O[C@H]4O[C@@H](CO)[C@H](O)[C@@H](O)[C@H]4O)[C@@H](C(O[C@H]4O[C@@H](CO)[C@H](O)[C@H](O)[C@H]4O)OC=C2C(=O)OC)[C@H]3CC=O)[C@H]1C. The van der Waals surface area contributed by atoms with E-state index in [4.69, 9.17) is 37.9 Å². The molecular formula is C33H46O19. The van der Waals surface area contributed by atoms with Crippen molar-refractivity contribution in [3.8, 4) is 0 Å². The zero-order valence-electron chi connectivity index (χ0n) is 28.3. The van der Waals surface area contributed by atoms with Gasteiger partial charge in [-0.2, -0.15) is 0 Å². The van der Waals surface area contributed by atoms with E-state index in [-0.39, 0.29) is 23.5 Å². The number of esters is 2. The van der Waals surface area contributed by atoms with E-state index in [0.717, 1.165) is 19.6 Å². The summed E-state index contributed by atoms with van der Waals surface area (Å²) in [4.78, 5) is 39.4. The van der Waals surface area contributed by atoms with Crippen LogP contribution in [0.2, 0.25) is 0 Å². The number of hydrogen-bond donors (Lipinski definition) is 8. The lowest BCUT2D eigenvalue weighted by molar-refractivity contribution is -0.372. The highest BCUT2D eigenvalue weighted by Crippen LogP contribution is 2.46. The Bertz CT molecular complexity index is 1350. The molecule has 4 heterocycles. The van der Waals surface area contributed by atoms with E-state index < -0.39 is 135 Å². The quantitative estimate of drug-likeness (QED) is 0.0610. The zero-order valence-corrected chi connectivity index (χ0v) is 28.3. The van der Waals surface area contributed by atoms with Crippen LogP contribution in [0.3, 0.4) is 0 Å². The van der Waals surface area contributed by atoms with Gasteiger partial charge in [-0.15, -0.1) is 6.58 Å². The smallest absolute Gasteiger partial charge is 0.337 e. The van der Waals surface area contributed by atoms with Gasteiger partial charge in [-0.25, -0.2) is 9.59 Å². The van der Waals surface area contributed by atoms with Crippen molar-refractivity contribution in [1.82, 2.24) is 0 Å². The summed E-state index contributed by atoms with van der Waals surface area (Å²) >= 11 is 0. The predicted molar refractivity (Wildman–Crippen MR) is 166 cm³/mol. The normalized spacial score (nSPS) is 45.1. The summed E-state index contributed by atoms with van der Waals surface area (Å²) in [7, 11) is 1.14. The van der Waals surface area contributed by atoms with E-state index in [0.29, 0.717) is 6.29 Å². The number of hydrogen-bond acceptors (Lipinski definition) is 19. The van der Waals surface area contributed by atoms with Crippen molar-refractivity contribution in [1.29, 1.82) is 0 Å². The van der Waals surface area contributed by atoms with E-state index >= 15 is 0 Å². The van der Waals surface area contributed by atoms with Gasteiger partial charge in [0.1, 0.15) is 61.2 Å². The van der Waals surface area contributed by atoms with Gasteiger partial charge in [0, 0.05) is 24.2 Å². The number of fused-ring (bicyclic) bond motifs is 4. The summed E-state index contributed by atoms with van der Waals surface area (Å²) in [6, 6.07) is 0. The Labute approximate surface area is 297 Å². The summed E-state index contributed by atoms with van der Waals surface area (Å²) in [5.74, 6) is -6.03. The molecule has 0 aromatic carbocycles. The van der Waals surface area contributed by atoms with E-state index in [1.807, 2.05) is 0 Å². The monoisotopic (exact) mass is 746 g/mol. The molecule has 1 saturated carbocycles. The van der Waals surface area contributed by atoms with Crippen LogP contribution >= 0.6 is 0 Å². The second-order valence-corrected chi connectivity index (χ2v) is 13.4. The van der Waals surface area contributed by atoms with Crippen LogP contribution in [0.15, 0.2) is 36.3 Å². The maximum atomic E-state index is 13.9. The van der Waals surface area contributed by atoms with Crippen LogP contribution in [-0.4, -0.2) is 159 Å². The second-order valence-electron chi connectivity index (χ2n) is 13.4.